The van der Waals surface area contributed by atoms with E-state index in [4.69, 9.17) is 16.3 Å². The van der Waals surface area contributed by atoms with Gasteiger partial charge >= 0.3 is 0 Å². The standard InChI is InChI=1S/C16H15ClN2O4S/c17-12-3-1-11(2-4-12)9-13-15(21)19(16(22)24-13)10-14(20)18-5-7-23-8-6-18/h1-4,9H,5-8,10H2/b13-9-. The van der Waals surface area contributed by atoms with Gasteiger partial charge in [-0.25, -0.2) is 0 Å². The quantitative estimate of drug-likeness (QED) is 0.767. The van der Waals surface area contributed by atoms with Gasteiger partial charge in [-0.2, -0.15) is 0 Å². The fraction of sp³-hybridized carbons (Fsp3) is 0.312. The van der Waals surface area contributed by atoms with Crippen LogP contribution in [0.5, 0.6) is 0 Å². The molecule has 0 spiro atoms. The Morgan fingerprint density at radius 1 is 1.21 bits per heavy atom. The van der Waals surface area contributed by atoms with Gasteiger partial charge in [0.2, 0.25) is 5.91 Å². The maximum absolute atomic E-state index is 12.4. The lowest BCUT2D eigenvalue weighted by Gasteiger charge is -2.28. The number of hydrogen-bond donors (Lipinski definition) is 0. The molecule has 0 aromatic heterocycles. The second-order valence-corrected chi connectivity index (χ2v) is 6.74. The lowest BCUT2D eigenvalue weighted by atomic mass is 10.2. The second-order valence-electron chi connectivity index (χ2n) is 5.31. The van der Waals surface area contributed by atoms with Gasteiger partial charge in [-0.05, 0) is 35.5 Å². The molecule has 2 aliphatic rings. The minimum atomic E-state index is -0.443. The van der Waals surface area contributed by atoms with Crippen LogP contribution in [-0.2, 0) is 14.3 Å². The van der Waals surface area contributed by atoms with Crippen LogP contribution >= 0.6 is 23.4 Å². The molecule has 0 bridgehead atoms. The molecule has 0 aliphatic carbocycles. The summed E-state index contributed by atoms with van der Waals surface area (Å²) in [6.07, 6.45) is 1.63. The molecule has 0 saturated carbocycles. The first-order chi connectivity index (χ1) is 11.5. The monoisotopic (exact) mass is 366 g/mol. The number of rotatable bonds is 3. The maximum Gasteiger partial charge on any atom is 0.294 e. The molecule has 0 unspecified atom stereocenters. The highest BCUT2D eigenvalue weighted by Crippen LogP contribution is 2.32. The summed E-state index contributed by atoms with van der Waals surface area (Å²) in [6.45, 7) is 1.68. The van der Waals surface area contributed by atoms with Crippen molar-refractivity contribution in [3.63, 3.8) is 0 Å². The zero-order valence-corrected chi connectivity index (χ0v) is 14.3. The summed E-state index contributed by atoms with van der Waals surface area (Å²) in [6, 6.07) is 6.93. The van der Waals surface area contributed by atoms with Crippen LogP contribution in [0.3, 0.4) is 0 Å². The highest BCUT2D eigenvalue weighted by atomic mass is 35.5. The number of amides is 3. The molecule has 2 heterocycles. The molecule has 6 nitrogen and oxygen atoms in total. The van der Waals surface area contributed by atoms with E-state index in [0.29, 0.717) is 36.2 Å². The summed E-state index contributed by atoms with van der Waals surface area (Å²) in [5, 5.41) is 0.165. The van der Waals surface area contributed by atoms with Crippen molar-refractivity contribution in [3.8, 4) is 0 Å². The van der Waals surface area contributed by atoms with E-state index in [1.165, 1.54) is 0 Å². The predicted molar refractivity (Wildman–Crippen MR) is 91.5 cm³/mol. The molecular weight excluding hydrogens is 352 g/mol. The zero-order chi connectivity index (χ0) is 17.1. The third-order valence-corrected chi connectivity index (χ3v) is 4.86. The summed E-state index contributed by atoms with van der Waals surface area (Å²) < 4.78 is 5.19. The fourth-order valence-corrected chi connectivity index (χ4v) is 3.36. The number of nitrogens with zero attached hydrogens (tertiary/aromatic N) is 2. The van der Waals surface area contributed by atoms with Gasteiger partial charge in [0.05, 0.1) is 18.1 Å². The van der Waals surface area contributed by atoms with E-state index in [-0.39, 0.29) is 12.5 Å². The molecule has 0 atom stereocenters. The number of morpholine rings is 1. The fourth-order valence-electron chi connectivity index (χ4n) is 2.39. The highest BCUT2D eigenvalue weighted by molar-refractivity contribution is 8.18. The van der Waals surface area contributed by atoms with Crippen LogP contribution in [-0.4, -0.2) is 59.7 Å². The molecule has 3 rings (SSSR count). The van der Waals surface area contributed by atoms with Crippen molar-refractivity contribution in [3.05, 3.63) is 39.8 Å². The molecule has 8 heteroatoms. The number of benzene rings is 1. The number of thioether (sulfide) groups is 1. The first-order valence-electron chi connectivity index (χ1n) is 7.41. The Morgan fingerprint density at radius 2 is 1.88 bits per heavy atom. The van der Waals surface area contributed by atoms with Crippen LogP contribution in [0, 0.1) is 0 Å². The Balaban J connectivity index is 1.69. The van der Waals surface area contributed by atoms with Crippen molar-refractivity contribution in [1.29, 1.82) is 0 Å². The lowest BCUT2D eigenvalue weighted by molar-refractivity contribution is -0.139. The third-order valence-electron chi connectivity index (χ3n) is 3.70. The van der Waals surface area contributed by atoms with Gasteiger partial charge in [0, 0.05) is 18.1 Å². The van der Waals surface area contributed by atoms with E-state index in [1.54, 1.807) is 35.2 Å². The molecule has 1 aromatic rings. The van der Waals surface area contributed by atoms with Gasteiger partial charge in [-0.3, -0.25) is 19.3 Å². The number of halogens is 1. The molecule has 126 valence electrons. The van der Waals surface area contributed by atoms with Crippen LogP contribution in [0.4, 0.5) is 4.79 Å². The Kier molecular flexibility index (Phi) is 5.23. The van der Waals surface area contributed by atoms with Crippen LogP contribution in [0.15, 0.2) is 29.2 Å². The Labute approximate surface area is 148 Å². The number of hydrogen-bond acceptors (Lipinski definition) is 5. The Bertz CT molecular complexity index is 699. The first-order valence-corrected chi connectivity index (χ1v) is 8.60. The molecular formula is C16H15ClN2O4S. The van der Waals surface area contributed by atoms with Gasteiger partial charge in [0.1, 0.15) is 6.54 Å². The summed E-state index contributed by atoms with van der Waals surface area (Å²) >= 11 is 6.67. The smallest absolute Gasteiger partial charge is 0.294 e. The van der Waals surface area contributed by atoms with E-state index in [2.05, 4.69) is 0 Å². The van der Waals surface area contributed by atoms with Crippen molar-refractivity contribution in [2.45, 2.75) is 0 Å². The normalized spacial score (nSPS) is 20.1. The molecule has 1 aromatic carbocycles. The summed E-state index contributed by atoms with van der Waals surface area (Å²) in [5.41, 5.74) is 0.768. The van der Waals surface area contributed by atoms with E-state index in [1.807, 2.05) is 0 Å². The summed E-state index contributed by atoms with van der Waals surface area (Å²) in [5.74, 6) is -0.685. The number of carbonyl (C=O) groups is 3. The van der Waals surface area contributed by atoms with Crippen LogP contribution in [0.2, 0.25) is 5.02 Å². The third kappa shape index (κ3) is 3.80. The number of imide groups is 1. The van der Waals surface area contributed by atoms with Crippen molar-refractivity contribution >= 4 is 46.5 Å². The molecule has 0 radical (unpaired) electrons. The van der Waals surface area contributed by atoms with Gasteiger partial charge < -0.3 is 9.64 Å². The van der Waals surface area contributed by atoms with E-state index in [9.17, 15) is 14.4 Å². The second kappa shape index (κ2) is 7.38. The number of ether oxygens (including phenoxy) is 1. The largest absolute Gasteiger partial charge is 0.378 e. The molecule has 24 heavy (non-hydrogen) atoms. The lowest BCUT2D eigenvalue weighted by Crippen LogP contribution is -2.46. The molecule has 2 fully saturated rings. The van der Waals surface area contributed by atoms with Crippen molar-refractivity contribution < 1.29 is 19.1 Å². The van der Waals surface area contributed by atoms with E-state index >= 15 is 0 Å². The summed E-state index contributed by atoms with van der Waals surface area (Å²) in [7, 11) is 0. The Hall–Kier alpha value is -1.83. The van der Waals surface area contributed by atoms with Crippen molar-refractivity contribution in [1.82, 2.24) is 9.80 Å². The van der Waals surface area contributed by atoms with E-state index in [0.717, 1.165) is 22.2 Å². The number of carbonyl (C=O) groups excluding carboxylic acids is 3. The van der Waals surface area contributed by atoms with Gasteiger partial charge in [0.15, 0.2) is 0 Å². The average molecular weight is 367 g/mol. The SMILES string of the molecule is O=C(CN1C(=O)S/C(=C\c2ccc(Cl)cc2)C1=O)N1CCOCC1. The van der Waals surface area contributed by atoms with E-state index < -0.39 is 11.1 Å². The molecule has 0 N–H and O–H groups in total. The average Bonchev–Trinajstić information content (AvgIpc) is 2.85. The maximum atomic E-state index is 12.4. The minimum absolute atomic E-state index is 0.234. The molecule has 2 saturated heterocycles. The predicted octanol–water partition coefficient (Wildman–Crippen LogP) is 2.24. The van der Waals surface area contributed by atoms with Crippen LogP contribution in [0.25, 0.3) is 6.08 Å². The summed E-state index contributed by atoms with van der Waals surface area (Å²) in [4.78, 5) is 39.6. The van der Waals surface area contributed by atoms with Gasteiger partial charge in [-0.15, -0.1) is 0 Å². The first kappa shape index (κ1) is 17.0. The minimum Gasteiger partial charge on any atom is -0.378 e. The Morgan fingerprint density at radius 3 is 2.54 bits per heavy atom. The van der Waals surface area contributed by atoms with Crippen LogP contribution in [0.1, 0.15) is 5.56 Å². The van der Waals surface area contributed by atoms with Crippen molar-refractivity contribution in [2.75, 3.05) is 32.8 Å². The topological polar surface area (TPSA) is 66.9 Å². The zero-order valence-electron chi connectivity index (χ0n) is 12.7. The van der Waals surface area contributed by atoms with Crippen LogP contribution < -0.4 is 0 Å². The molecule has 2 aliphatic heterocycles. The van der Waals surface area contributed by atoms with Gasteiger partial charge in [-0.1, -0.05) is 23.7 Å². The highest BCUT2D eigenvalue weighted by Gasteiger charge is 2.37. The molecule has 3 amide bonds. The van der Waals surface area contributed by atoms with Gasteiger partial charge in [0.25, 0.3) is 11.1 Å². The van der Waals surface area contributed by atoms with Crippen molar-refractivity contribution in [2.24, 2.45) is 0 Å².